The van der Waals surface area contributed by atoms with Crippen molar-refractivity contribution in [3.05, 3.63) is 70.1 Å². The number of rotatable bonds is 2. The number of aromatic amines is 1. The van der Waals surface area contributed by atoms with E-state index in [0.717, 1.165) is 31.6 Å². The summed E-state index contributed by atoms with van der Waals surface area (Å²) in [6.45, 7) is 5.76. The van der Waals surface area contributed by atoms with Gasteiger partial charge in [0.2, 0.25) is 0 Å². The SMILES string of the molecule is CC.O=c1cc(C2CCNCC2)n2nc3cccc(-c4c(F)cccc4F)c3c2[nH]1. The van der Waals surface area contributed by atoms with Crippen LogP contribution in [0.4, 0.5) is 8.78 Å². The van der Waals surface area contributed by atoms with Crippen molar-refractivity contribution in [2.45, 2.75) is 32.6 Å². The molecule has 0 atom stereocenters. The van der Waals surface area contributed by atoms with Gasteiger partial charge in [0.25, 0.3) is 5.56 Å². The Balaban J connectivity index is 0.00000106. The third-order valence-corrected chi connectivity index (χ3v) is 5.45. The molecule has 0 bridgehead atoms. The maximum absolute atomic E-state index is 14.5. The van der Waals surface area contributed by atoms with Crippen molar-refractivity contribution in [2.24, 2.45) is 0 Å². The first-order valence-electron chi connectivity index (χ1n) is 10.3. The second-order valence-electron chi connectivity index (χ2n) is 7.14. The third-order valence-electron chi connectivity index (χ3n) is 5.45. The van der Waals surface area contributed by atoms with Crippen molar-refractivity contribution in [2.75, 3.05) is 13.1 Å². The summed E-state index contributed by atoms with van der Waals surface area (Å²) < 4.78 is 30.7. The number of fused-ring (bicyclic) bond motifs is 3. The predicted molar refractivity (Wildman–Crippen MR) is 115 cm³/mol. The van der Waals surface area contributed by atoms with Gasteiger partial charge in [0.1, 0.15) is 17.3 Å². The molecule has 5 rings (SSSR count). The lowest BCUT2D eigenvalue weighted by Gasteiger charge is -2.23. The van der Waals surface area contributed by atoms with E-state index in [4.69, 9.17) is 0 Å². The zero-order valence-corrected chi connectivity index (χ0v) is 17.0. The van der Waals surface area contributed by atoms with Crippen LogP contribution in [-0.2, 0) is 0 Å². The first-order chi connectivity index (χ1) is 14.6. The number of piperidine rings is 1. The molecule has 0 amide bonds. The lowest BCUT2D eigenvalue weighted by Crippen LogP contribution is -2.28. The second kappa shape index (κ2) is 8.36. The molecule has 1 saturated heterocycles. The molecule has 156 valence electrons. The van der Waals surface area contributed by atoms with Gasteiger partial charge in [-0.25, -0.2) is 13.3 Å². The Morgan fingerprint density at radius 2 is 1.70 bits per heavy atom. The minimum absolute atomic E-state index is 0.115. The van der Waals surface area contributed by atoms with Gasteiger partial charge in [0.05, 0.1) is 22.2 Å². The van der Waals surface area contributed by atoms with Crippen molar-refractivity contribution in [3.63, 3.8) is 0 Å². The van der Waals surface area contributed by atoms with Crippen LogP contribution in [0.5, 0.6) is 0 Å². The molecule has 0 spiro atoms. The highest BCUT2D eigenvalue weighted by molar-refractivity contribution is 6.04. The highest BCUT2D eigenvalue weighted by atomic mass is 19.1. The molecular formula is C23H24F2N4O. The number of aromatic nitrogens is 3. The lowest BCUT2D eigenvalue weighted by atomic mass is 9.94. The van der Waals surface area contributed by atoms with Gasteiger partial charge < -0.3 is 10.3 Å². The van der Waals surface area contributed by atoms with Crippen molar-refractivity contribution >= 4 is 16.6 Å². The Morgan fingerprint density at radius 1 is 1.03 bits per heavy atom. The van der Waals surface area contributed by atoms with Gasteiger partial charge in [-0.1, -0.05) is 32.0 Å². The van der Waals surface area contributed by atoms with E-state index in [1.807, 2.05) is 13.8 Å². The largest absolute Gasteiger partial charge is 0.317 e. The summed E-state index contributed by atoms with van der Waals surface area (Å²) in [5.41, 5.74) is 1.90. The van der Waals surface area contributed by atoms with Gasteiger partial charge in [-0.15, -0.1) is 0 Å². The number of H-pyrrole nitrogens is 1. The van der Waals surface area contributed by atoms with E-state index in [2.05, 4.69) is 15.4 Å². The smallest absolute Gasteiger partial charge is 0.251 e. The highest BCUT2D eigenvalue weighted by Gasteiger charge is 2.23. The summed E-state index contributed by atoms with van der Waals surface area (Å²) in [7, 11) is 0. The fourth-order valence-electron chi connectivity index (χ4n) is 4.16. The molecular weight excluding hydrogens is 386 g/mol. The Bertz CT molecular complexity index is 1240. The molecule has 0 radical (unpaired) electrons. The van der Waals surface area contributed by atoms with Gasteiger partial charge in [-0.2, -0.15) is 5.10 Å². The molecule has 2 aromatic carbocycles. The molecule has 2 N–H and O–H groups in total. The molecule has 0 unspecified atom stereocenters. The Kier molecular flexibility index (Phi) is 5.63. The number of benzene rings is 2. The van der Waals surface area contributed by atoms with Crippen LogP contribution in [0.15, 0.2) is 47.3 Å². The number of hydrogen-bond donors (Lipinski definition) is 2. The second-order valence-corrected chi connectivity index (χ2v) is 7.14. The molecule has 1 fully saturated rings. The zero-order chi connectivity index (χ0) is 21.3. The monoisotopic (exact) mass is 410 g/mol. The number of hydrogen-bond acceptors (Lipinski definition) is 3. The predicted octanol–water partition coefficient (Wildman–Crippen LogP) is 4.61. The van der Waals surface area contributed by atoms with E-state index in [-0.39, 0.29) is 17.0 Å². The van der Waals surface area contributed by atoms with E-state index in [1.165, 1.54) is 18.2 Å². The Hall–Kier alpha value is -3.06. The van der Waals surface area contributed by atoms with Crippen LogP contribution in [0.1, 0.15) is 38.3 Å². The molecule has 0 saturated carbocycles. The lowest BCUT2D eigenvalue weighted by molar-refractivity contribution is 0.446. The third kappa shape index (κ3) is 3.39. The highest BCUT2D eigenvalue weighted by Crippen LogP contribution is 2.35. The van der Waals surface area contributed by atoms with Gasteiger partial charge in [-0.05, 0) is 44.1 Å². The van der Waals surface area contributed by atoms with Crippen LogP contribution >= 0.6 is 0 Å². The van der Waals surface area contributed by atoms with Crippen LogP contribution < -0.4 is 10.9 Å². The van der Waals surface area contributed by atoms with Crippen molar-refractivity contribution < 1.29 is 8.78 Å². The number of nitrogens with zero attached hydrogens (tertiary/aromatic N) is 2. The van der Waals surface area contributed by atoms with Gasteiger partial charge >= 0.3 is 0 Å². The van der Waals surface area contributed by atoms with Gasteiger partial charge in [0, 0.05) is 17.5 Å². The summed E-state index contributed by atoms with van der Waals surface area (Å²) in [4.78, 5) is 15.2. The van der Waals surface area contributed by atoms with E-state index >= 15 is 0 Å². The number of nitrogens with one attached hydrogen (secondary N) is 2. The van der Waals surface area contributed by atoms with Gasteiger partial charge in [-0.3, -0.25) is 4.79 Å². The van der Waals surface area contributed by atoms with Crippen molar-refractivity contribution in [1.82, 2.24) is 19.9 Å². The van der Waals surface area contributed by atoms with Crippen LogP contribution in [0.2, 0.25) is 0 Å². The summed E-state index contributed by atoms with van der Waals surface area (Å²) in [6, 6.07) is 10.5. The first kappa shape index (κ1) is 20.2. The summed E-state index contributed by atoms with van der Waals surface area (Å²) in [6.07, 6.45) is 1.81. The van der Waals surface area contributed by atoms with Crippen molar-refractivity contribution in [3.8, 4) is 11.1 Å². The molecule has 7 heteroatoms. The summed E-state index contributed by atoms with van der Waals surface area (Å²) in [5, 5.41) is 8.52. The average molecular weight is 410 g/mol. The van der Waals surface area contributed by atoms with Crippen LogP contribution in [0.3, 0.4) is 0 Å². The zero-order valence-electron chi connectivity index (χ0n) is 17.0. The molecule has 30 heavy (non-hydrogen) atoms. The average Bonchev–Trinajstić information content (AvgIpc) is 3.14. The fraction of sp³-hybridized carbons (Fsp3) is 0.304. The number of halogens is 2. The van der Waals surface area contributed by atoms with Crippen LogP contribution in [0.25, 0.3) is 27.7 Å². The van der Waals surface area contributed by atoms with E-state index < -0.39 is 11.6 Å². The maximum Gasteiger partial charge on any atom is 0.251 e. The van der Waals surface area contributed by atoms with Crippen molar-refractivity contribution in [1.29, 1.82) is 0 Å². The molecule has 4 aromatic rings. The quantitative estimate of drug-likeness (QED) is 0.507. The first-order valence-corrected chi connectivity index (χ1v) is 10.3. The maximum atomic E-state index is 14.5. The Morgan fingerprint density at radius 3 is 2.40 bits per heavy atom. The molecule has 1 aliphatic heterocycles. The molecule has 1 aliphatic rings. The molecule has 2 aromatic heterocycles. The van der Waals surface area contributed by atoms with Crippen LogP contribution in [0, 0.1) is 11.6 Å². The van der Waals surface area contributed by atoms with E-state index in [0.29, 0.717) is 22.1 Å². The molecule has 3 heterocycles. The summed E-state index contributed by atoms with van der Waals surface area (Å²) >= 11 is 0. The standard InChI is InChI=1S/C21H18F2N4O.C2H6/c22-14-4-2-5-15(23)19(14)13-3-1-6-16-20(13)21-25-18(28)11-17(27(21)26-16)12-7-9-24-10-8-12;1-2/h1-6,11-12,24H,7-10H2,(H,25,28);1-2H3. The normalized spacial score (nSPS) is 14.7. The Labute approximate surface area is 172 Å². The summed E-state index contributed by atoms with van der Waals surface area (Å²) in [5.74, 6) is -1.10. The topological polar surface area (TPSA) is 62.2 Å². The minimum Gasteiger partial charge on any atom is -0.317 e. The minimum atomic E-state index is -0.649. The van der Waals surface area contributed by atoms with Crippen LogP contribution in [-0.4, -0.2) is 27.7 Å². The van der Waals surface area contributed by atoms with E-state index in [9.17, 15) is 13.6 Å². The van der Waals surface area contributed by atoms with E-state index in [1.54, 1.807) is 28.8 Å². The fourth-order valence-corrected chi connectivity index (χ4v) is 4.16. The molecule has 0 aliphatic carbocycles. The van der Waals surface area contributed by atoms with Gasteiger partial charge in [0.15, 0.2) is 0 Å². The molecule has 5 nitrogen and oxygen atoms in total.